The van der Waals surface area contributed by atoms with Gasteiger partial charge in [-0.2, -0.15) is 0 Å². The van der Waals surface area contributed by atoms with Crippen LogP contribution in [0.1, 0.15) is 6.92 Å². The van der Waals surface area contributed by atoms with Crippen LogP contribution in [0.3, 0.4) is 0 Å². The van der Waals surface area contributed by atoms with Gasteiger partial charge in [0, 0.05) is 12.3 Å². The van der Waals surface area contributed by atoms with Crippen molar-refractivity contribution in [3.05, 3.63) is 9.93 Å². The van der Waals surface area contributed by atoms with Crippen molar-refractivity contribution >= 4 is 35.4 Å². The maximum atomic E-state index is 11.8. The van der Waals surface area contributed by atoms with Crippen molar-refractivity contribution in [1.29, 1.82) is 0 Å². The molecule has 2 heterocycles. The van der Waals surface area contributed by atoms with E-state index >= 15 is 0 Å². The van der Waals surface area contributed by atoms with Crippen LogP contribution in [0, 0.1) is 5.92 Å². The van der Waals surface area contributed by atoms with Crippen LogP contribution in [-0.2, 0) is 9.59 Å². The monoisotopic (exact) mass is 290 g/mol. The van der Waals surface area contributed by atoms with E-state index in [1.807, 2.05) is 0 Å². The number of aliphatic carboxylic acids is 1. The molecule has 0 aromatic rings. The molecule has 6 nitrogen and oxygen atoms in total. The van der Waals surface area contributed by atoms with Gasteiger partial charge in [-0.05, 0) is 6.92 Å². The highest BCUT2D eigenvalue weighted by Crippen LogP contribution is 2.53. The van der Waals surface area contributed by atoms with Crippen LogP contribution in [-0.4, -0.2) is 50.8 Å². The topological polar surface area (TPSA) is 104 Å². The van der Waals surface area contributed by atoms with E-state index in [1.54, 1.807) is 6.92 Å². The van der Waals surface area contributed by atoms with E-state index in [0.29, 0.717) is 16.5 Å². The summed E-state index contributed by atoms with van der Waals surface area (Å²) in [5.74, 6) is -1.33. The molecule has 1 fully saturated rings. The normalized spacial score (nSPS) is 28.2. The van der Waals surface area contributed by atoms with Crippen LogP contribution in [0.15, 0.2) is 9.93 Å². The molecule has 0 aromatic carbocycles. The fourth-order valence-corrected chi connectivity index (χ4v) is 4.77. The molecule has 0 aliphatic carbocycles. The van der Waals surface area contributed by atoms with E-state index in [4.69, 9.17) is 5.73 Å². The summed E-state index contributed by atoms with van der Waals surface area (Å²) in [6.45, 7) is 1.99. The van der Waals surface area contributed by atoms with Crippen LogP contribution < -0.4 is 5.73 Å². The molecule has 1 saturated heterocycles. The highest BCUT2D eigenvalue weighted by atomic mass is 32.2. The largest absolute Gasteiger partial charge is 0.477 e. The van der Waals surface area contributed by atoms with Crippen LogP contribution in [0.2, 0.25) is 0 Å². The minimum absolute atomic E-state index is 0.0327. The SMILES string of the molecule is C[C@@H](O)[C@@H]1C(=O)N2C(C(=O)O)=C(SCCN)S[C@H]12. The molecule has 100 valence electrons. The van der Waals surface area contributed by atoms with Gasteiger partial charge in [0.25, 0.3) is 0 Å². The summed E-state index contributed by atoms with van der Waals surface area (Å²) < 4.78 is 0.606. The zero-order valence-corrected chi connectivity index (χ0v) is 11.3. The van der Waals surface area contributed by atoms with Crippen molar-refractivity contribution < 1.29 is 19.8 Å². The lowest BCUT2D eigenvalue weighted by Gasteiger charge is -2.43. The van der Waals surface area contributed by atoms with Gasteiger partial charge in [-0.15, -0.1) is 11.8 Å². The zero-order valence-electron chi connectivity index (χ0n) is 9.70. The minimum Gasteiger partial charge on any atom is -0.477 e. The number of hydrogen-bond acceptors (Lipinski definition) is 6. The molecule has 4 N–H and O–H groups in total. The van der Waals surface area contributed by atoms with Crippen molar-refractivity contribution in [2.24, 2.45) is 11.7 Å². The Morgan fingerprint density at radius 1 is 1.67 bits per heavy atom. The number of carboxylic acid groups (broad SMARTS) is 1. The molecule has 0 radical (unpaired) electrons. The number of nitrogens with two attached hydrogens (primary N) is 1. The number of carboxylic acids is 1. The highest BCUT2D eigenvalue weighted by molar-refractivity contribution is 8.22. The lowest BCUT2D eigenvalue weighted by molar-refractivity contribution is -0.156. The van der Waals surface area contributed by atoms with Crippen molar-refractivity contribution in [3.63, 3.8) is 0 Å². The molecule has 0 bridgehead atoms. The number of β-lactam (4-membered cyclic amide) rings is 1. The number of fused-ring (bicyclic) bond motifs is 1. The predicted molar refractivity (Wildman–Crippen MR) is 69.6 cm³/mol. The van der Waals surface area contributed by atoms with E-state index in [0.717, 1.165) is 0 Å². The fourth-order valence-electron chi connectivity index (χ4n) is 2.00. The van der Waals surface area contributed by atoms with Crippen molar-refractivity contribution in [2.75, 3.05) is 12.3 Å². The second-order valence-corrected chi connectivity index (χ2v) is 6.55. The van der Waals surface area contributed by atoms with Gasteiger partial charge in [0.05, 0.1) is 16.3 Å². The molecule has 1 amide bonds. The van der Waals surface area contributed by atoms with E-state index in [-0.39, 0.29) is 17.0 Å². The van der Waals surface area contributed by atoms with Crippen molar-refractivity contribution in [1.82, 2.24) is 4.90 Å². The molecule has 0 aromatic heterocycles. The minimum atomic E-state index is -1.11. The van der Waals surface area contributed by atoms with E-state index in [1.165, 1.54) is 28.4 Å². The lowest BCUT2D eigenvalue weighted by atomic mass is 9.92. The van der Waals surface area contributed by atoms with Gasteiger partial charge in [0.15, 0.2) is 5.70 Å². The van der Waals surface area contributed by atoms with Gasteiger partial charge in [-0.1, -0.05) is 11.8 Å². The van der Waals surface area contributed by atoms with Gasteiger partial charge in [-0.3, -0.25) is 9.69 Å². The first kappa shape index (κ1) is 13.7. The Kier molecular flexibility index (Phi) is 3.90. The standard InChI is InChI=1S/C10H14N2O4S2/c1-4(13)5-7(14)12-6(9(15)16)10(17-3-2-11)18-8(5)12/h4-5,8,13H,2-3,11H2,1H3,(H,15,16)/t4-,5-,8-/m1/s1. The number of aliphatic hydroxyl groups excluding tert-OH is 1. The van der Waals surface area contributed by atoms with Gasteiger partial charge >= 0.3 is 5.97 Å². The van der Waals surface area contributed by atoms with Gasteiger partial charge in [-0.25, -0.2) is 4.79 Å². The second-order valence-electron chi connectivity index (χ2n) is 4.06. The Hall–Kier alpha value is -0.700. The average Bonchev–Trinajstić information content (AvgIpc) is 2.60. The molecular formula is C10H14N2O4S2. The van der Waals surface area contributed by atoms with Gasteiger partial charge in [0.1, 0.15) is 5.37 Å². The first-order chi connectivity index (χ1) is 8.49. The number of amides is 1. The first-order valence-electron chi connectivity index (χ1n) is 5.47. The Bertz CT molecular complexity index is 424. The maximum absolute atomic E-state index is 11.8. The molecule has 0 unspecified atom stereocenters. The molecule has 0 spiro atoms. The molecule has 18 heavy (non-hydrogen) atoms. The predicted octanol–water partition coefficient (Wildman–Crippen LogP) is -0.156. The lowest BCUT2D eigenvalue weighted by Crippen LogP contribution is -2.60. The van der Waals surface area contributed by atoms with Crippen molar-refractivity contribution in [2.45, 2.75) is 18.4 Å². The average molecular weight is 290 g/mol. The van der Waals surface area contributed by atoms with Crippen molar-refractivity contribution in [3.8, 4) is 0 Å². The molecule has 0 saturated carbocycles. The molecule has 2 rings (SSSR count). The molecule has 8 heteroatoms. The van der Waals surface area contributed by atoms with E-state index in [9.17, 15) is 19.8 Å². The Balaban J connectivity index is 2.21. The first-order valence-corrected chi connectivity index (χ1v) is 7.33. The van der Waals surface area contributed by atoms with Gasteiger partial charge < -0.3 is 15.9 Å². The molecule has 2 aliphatic rings. The smallest absolute Gasteiger partial charge is 0.354 e. The number of carbonyl (C=O) groups is 2. The number of carbonyl (C=O) groups excluding carboxylic acids is 1. The Labute approximate surface area is 113 Å². The Morgan fingerprint density at radius 3 is 2.83 bits per heavy atom. The fraction of sp³-hybridized carbons (Fsp3) is 0.600. The molecule has 2 aliphatic heterocycles. The van der Waals surface area contributed by atoms with Gasteiger partial charge in [0.2, 0.25) is 5.91 Å². The van der Waals surface area contributed by atoms with E-state index < -0.39 is 18.0 Å². The summed E-state index contributed by atoms with van der Waals surface area (Å²) in [7, 11) is 0. The third-order valence-corrected chi connectivity index (χ3v) is 5.51. The second kappa shape index (κ2) is 5.12. The summed E-state index contributed by atoms with van der Waals surface area (Å²) >= 11 is 2.67. The summed E-state index contributed by atoms with van der Waals surface area (Å²) in [4.78, 5) is 24.3. The maximum Gasteiger partial charge on any atom is 0.354 e. The van der Waals surface area contributed by atoms with Crippen LogP contribution >= 0.6 is 23.5 Å². The molecular weight excluding hydrogens is 276 g/mol. The zero-order chi connectivity index (χ0) is 13.4. The Morgan fingerprint density at radius 2 is 2.33 bits per heavy atom. The van der Waals surface area contributed by atoms with E-state index in [2.05, 4.69) is 0 Å². The summed E-state index contributed by atoms with van der Waals surface area (Å²) in [5, 5.41) is 18.4. The quantitative estimate of drug-likeness (QED) is 0.605. The number of nitrogens with zero attached hydrogens (tertiary/aromatic N) is 1. The summed E-state index contributed by atoms with van der Waals surface area (Å²) in [6, 6.07) is 0. The number of aliphatic hydroxyl groups is 1. The summed E-state index contributed by atoms with van der Waals surface area (Å²) in [6.07, 6.45) is -0.764. The summed E-state index contributed by atoms with van der Waals surface area (Å²) in [5.41, 5.74) is 5.43. The number of hydrogen-bond donors (Lipinski definition) is 3. The highest BCUT2D eigenvalue weighted by Gasteiger charge is 2.57. The number of rotatable bonds is 5. The van der Waals surface area contributed by atoms with Crippen LogP contribution in [0.25, 0.3) is 0 Å². The third kappa shape index (κ3) is 2.03. The molecule has 3 atom stereocenters. The number of thioether (sulfide) groups is 2. The third-order valence-electron chi connectivity index (χ3n) is 2.82. The van der Waals surface area contributed by atoms with Crippen LogP contribution in [0.5, 0.6) is 0 Å². The van der Waals surface area contributed by atoms with Crippen LogP contribution in [0.4, 0.5) is 0 Å².